The van der Waals surface area contributed by atoms with Gasteiger partial charge >= 0.3 is 0 Å². The van der Waals surface area contributed by atoms with Gasteiger partial charge in [-0.05, 0) is 28.8 Å². The Morgan fingerprint density at radius 1 is 0.862 bits per heavy atom. The molecule has 0 unspecified atom stereocenters. The summed E-state index contributed by atoms with van der Waals surface area (Å²) in [5.41, 5.74) is 3.35. The monoisotopic (exact) mass is 382 g/mol. The highest BCUT2D eigenvalue weighted by atomic mass is 16.1. The van der Waals surface area contributed by atoms with E-state index in [0.29, 0.717) is 18.8 Å². The van der Waals surface area contributed by atoms with Crippen molar-refractivity contribution in [3.05, 3.63) is 114 Å². The molecule has 0 aliphatic carbocycles. The molecule has 2 heterocycles. The zero-order valence-corrected chi connectivity index (χ0v) is 16.0. The van der Waals surface area contributed by atoms with Crippen molar-refractivity contribution in [1.82, 2.24) is 14.8 Å². The highest BCUT2D eigenvalue weighted by Gasteiger charge is 2.18. The summed E-state index contributed by atoms with van der Waals surface area (Å²) in [6, 6.07) is 26.0. The molecule has 2 aromatic carbocycles. The zero-order valence-electron chi connectivity index (χ0n) is 16.0. The van der Waals surface area contributed by atoms with Crippen molar-refractivity contribution in [1.29, 1.82) is 0 Å². The molecule has 0 spiro atoms. The number of nitrogens with one attached hydrogen (secondary N) is 1. The minimum Gasteiger partial charge on any atom is -0.309 e. The molecule has 0 fully saturated rings. The fraction of sp³-hybridized carbons (Fsp3) is 0.125. The van der Waals surface area contributed by atoms with Crippen molar-refractivity contribution in [2.24, 2.45) is 0 Å². The Kier molecular flexibility index (Phi) is 5.76. The molecule has 144 valence electrons. The van der Waals surface area contributed by atoms with Gasteiger partial charge in [-0.15, -0.1) is 0 Å². The van der Waals surface area contributed by atoms with Crippen LogP contribution >= 0.6 is 0 Å². The second-order valence-corrected chi connectivity index (χ2v) is 6.88. The molecule has 4 rings (SSSR count). The Morgan fingerprint density at radius 3 is 2.10 bits per heavy atom. The fourth-order valence-corrected chi connectivity index (χ4v) is 3.37. The number of anilines is 1. The van der Waals surface area contributed by atoms with E-state index >= 15 is 0 Å². The van der Waals surface area contributed by atoms with E-state index in [2.05, 4.69) is 39.7 Å². The zero-order chi connectivity index (χ0) is 19.9. The van der Waals surface area contributed by atoms with Gasteiger partial charge in [0, 0.05) is 37.0 Å². The minimum atomic E-state index is -0.0585. The second kappa shape index (κ2) is 8.97. The second-order valence-electron chi connectivity index (χ2n) is 6.88. The molecule has 0 radical (unpaired) electrons. The van der Waals surface area contributed by atoms with Crippen molar-refractivity contribution in [3.8, 4) is 0 Å². The van der Waals surface area contributed by atoms with E-state index in [1.54, 1.807) is 17.1 Å². The average molecular weight is 382 g/mol. The summed E-state index contributed by atoms with van der Waals surface area (Å²) in [5, 5.41) is 7.40. The maximum atomic E-state index is 12.8. The van der Waals surface area contributed by atoms with Crippen molar-refractivity contribution in [2.45, 2.75) is 18.9 Å². The van der Waals surface area contributed by atoms with Crippen LogP contribution in [0.15, 0.2) is 97.5 Å². The smallest absolute Gasteiger partial charge is 0.226 e. The van der Waals surface area contributed by atoms with Crippen LogP contribution < -0.4 is 5.32 Å². The highest BCUT2D eigenvalue weighted by Crippen LogP contribution is 2.28. The molecule has 1 amide bonds. The Balaban J connectivity index is 1.45. The van der Waals surface area contributed by atoms with Gasteiger partial charge in [0.05, 0.1) is 6.54 Å². The standard InChI is InChI=1S/C24H22N4O/c29-24(26-23-13-16-28(27-23)18-19-11-14-25-15-12-19)17-22(20-7-3-1-4-8-20)21-9-5-2-6-10-21/h1-16,22H,17-18H2,(H,26,27,29). The normalized spacial score (nSPS) is 10.8. The lowest BCUT2D eigenvalue weighted by atomic mass is 9.88. The van der Waals surface area contributed by atoms with Gasteiger partial charge in [-0.1, -0.05) is 60.7 Å². The van der Waals surface area contributed by atoms with Crippen LogP contribution in [0.25, 0.3) is 0 Å². The van der Waals surface area contributed by atoms with E-state index in [9.17, 15) is 4.79 Å². The molecule has 0 atom stereocenters. The number of amides is 1. The highest BCUT2D eigenvalue weighted by molar-refractivity contribution is 5.90. The van der Waals surface area contributed by atoms with Gasteiger partial charge in [-0.3, -0.25) is 14.5 Å². The van der Waals surface area contributed by atoms with E-state index in [-0.39, 0.29) is 11.8 Å². The number of aromatic nitrogens is 3. The molecule has 0 aliphatic heterocycles. The number of nitrogens with zero attached hydrogens (tertiary/aromatic N) is 3. The summed E-state index contributed by atoms with van der Waals surface area (Å²) in [7, 11) is 0. The largest absolute Gasteiger partial charge is 0.309 e. The van der Waals surface area contributed by atoms with Gasteiger partial charge < -0.3 is 5.32 Å². The number of hydrogen-bond acceptors (Lipinski definition) is 3. The van der Waals surface area contributed by atoms with Gasteiger partial charge in [0.2, 0.25) is 5.91 Å². The number of carbonyl (C=O) groups is 1. The Hall–Kier alpha value is -3.73. The topological polar surface area (TPSA) is 59.8 Å². The molecule has 29 heavy (non-hydrogen) atoms. The quantitative estimate of drug-likeness (QED) is 0.512. The van der Waals surface area contributed by atoms with Crippen LogP contribution in [0.3, 0.4) is 0 Å². The molecule has 0 saturated carbocycles. The lowest BCUT2D eigenvalue weighted by Gasteiger charge is -2.17. The summed E-state index contributed by atoms with van der Waals surface area (Å²) >= 11 is 0. The molecule has 5 nitrogen and oxygen atoms in total. The lowest BCUT2D eigenvalue weighted by Crippen LogP contribution is -2.17. The average Bonchev–Trinajstić information content (AvgIpc) is 3.20. The fourth-order valence-electron chi connectivity index (χ4n) is 3.37. The summed E-state index contributed by atoms with van der Waals surface area (Å²) < 4.78 is 1.80. The summed E-state index contributed by atoms with van der Waals surface area (Å²) in [6.45, 7) is 0.634. The third-order valence-corrected chi connectivity index (χ3v) is 4.80. The number of hydrogen-bond donors (Lipinski definition) is 1. The van der Waals surface area contributed by atoms with Crippen LogP contribution in [0.2, 0.25) is 0 Å². The maximum absolute atomic E-state index is 12.8. The molecule has 0 saturated heterocycles. The van der Waals surface area contributed by atoms with Crippen molar-refractivity contribution >= 4 is 11.7 Å². The van der Waals surface area contributed by atoms with Gasteiger partial charge in [-0.25, -0.2) is 0 Å². The van der Waals surface area contributed by atoms with E-state index in [1.807, 2.05) is 60.8 Å². The van der Waals surface area contributed by atoms with E-state index in [1.165, 1.54) is 0 Å². The molecule has 4 aromatic rings. The minimum absolute atomic E-state index is 0.00342. The van der Waals surface area contributed by atoms with Gasteiger partial charge in [0.15, 0.2) is 5.82 Å². The molecule has 0 bridgehead atoms. The number of pyridine rings is 1. The maximum Gasteiger partial charge on any atom is 0.226 e. The number of carbonyl (C=O) groups excluding carboxylic acids is 1. The predicted molar refractivity (Wildman–Crippen MR) is 114 cm³/mol. The van der Waals surface area contributed by atoms with Crippen LogP contribution in [-0.4, -0.2) is 20.7 Å². The molecule has 5 heteroatoms. The predicted octanol–water partition coefficient (Wildman–Crippen LogP) is 4.49. The molecule has 1 N–H and O–H groups in total. The van der Waals surface area contributed by atoms with Crippen molar-refractivity contribution in [2.75, 3.05) is 5.32 Å². The number of benzene rings is 2. The van der Waals surface area contributed by atoms with Crippen LogP contribution in [-0.2, 0) is 11.3 Å². The Morgan fingerprint density at radius 2 is 1.48 bits per heavy atom. The SMILES string of the molecule is O=C(CC(c1ccccc1)c1ccccc1)Nc1ccn(Cc2ccncc2)n1. The first-order valence-corrected chi connectivity index (χ1v) is 9.60. The van der Waals surface area contributed by atoms with Crippen LogP contribution in [0.4, 0.5) is 5.82 Å². The third kappa shape index (κ3) is 4.96. The molecule has 0 aliphatic rings. The van der Waals surface area contributed by atoms with Gasteiger partial charge in [0.25, 0.3) is 0 Å². The van der Waals surface area contributed by atoms with E-state index in [0.717, 1.165) is 16.7 Å². The van der Waals surface area contributed by atoms with Gasteiger partial charge in [0.1, 0.15) is 0 Å². The third-order valence-electron chi connectivity index (χ3n) is 4.80. The molecule has 2 aromatic heterocycles. The first kappa shape index (κ1) is 18.6. The first-order chi connectivity index (χ1) is 14.3. The van der Waals surface area contributed by atoms with E-state index < -0.39 is 0 Å². The summed E-state index contributed by atoms with van der Waals surface area (Å²) in [4.78, 5) is 16.8. The van der Waals surface area contributed by atoms with Crippen LogP contribution in [0, 0.1) is 0 Å². The molecular weight excluding hydrogens is 360 g/mol. The Labute approximate surface area is 170 Å². The summed E-state index contributed by atoms with van der Waals surface area (Å²) in [5.74, 6) is 0.497. The van der Waals surface area contributed by atoms with Crippen molar-refractivity contribution < 1.29 is 4.79 Å². The first-order valence-electron chi connectivity index (χ1n) is 9.60. The number of rotatable bonds is 7. The van der Waals surface area contributed by atoms with Crippen LogP contribution in [0.5, 0.6) is 0 Å². The lowest BCUT2D eigenvalue weighted by molar-refractivity contribution is -0.116. The summed E-state index contributed by atoms with van der Waals surface area (Å²) in [6.07, 6.45) is 5.73. The van der Waals surface area contributed by atoms with E-state index in [4.69, 9.17) is 0 Å². The van der Waals surface area contributed by atoms with Crippen molar-refractivity contribution in [3.63, 3.8) is 0 Å². The van der Waals surface area contributed by atoms with Gasteiger partial charge in [-0.2, -0.15) is 5.10 Å². The Bertz CT molecular complexity index is 1010. The van der Waals surface area contributed by atoms with Crippen LogP contribution in [0.1, 0.15) is 29.0 Å². The molecular formula is C24H22N4O.